The number of carbonyl (C=O) groups is 2. The van der Waals surface area contributed by atoms with Crippen LogP contribution in [0.5, 0.6) is 5.75 Å². The first-order valence-electron chi connectivity index (χ1n) is 9.88. The molecule has 30 heavy (non-hydrogen) atoms. The molecular formula is C24H23N3O3. The van der Waals surface area contributed by atoms with Gasteiger partial charge in [0.05, 0.1) is 17.1 Å². The van der Waals surface area contributed by atoms with Crippen LogP contribution < -0.4 is 20.7 Å². The monoisotopic (exact) mass is 401 g/mol. The average molecular weight is 401 g/mol. The first-order valence-corrected chi connectivity index (χ1v) is 9.88. The number of rotatable bonds is 5. The van der Waals surface area contributed by atoms with Gasteiger partial charge in [-0.1, -0.05) is 36.4 Å². The Bertz CT molecular complexity index is 1080. The Labute approximate surface area is 175 Å². The van der Waals surface area contributed by atoms with Gasteiger partial charge in [-0.15, -0.1) is 0 Å². The van der Waals surface area contributed by atoms with E-state index in [1.807, 2.05) is 55.5 Å². The summed E-state index contributed by atoms with van der Waals surface area (Å²) in [6, 6.07) is 21.8. The normalized spacial score (nSPS) is 15.3. The zero-order valence-electron chi connectivity index (χ0n) is 16.7. The van der Waals surface area contributed by atoms with Crippen LogP contribution in [0.4, 0.5) is 17.1 Å². The maximum atomic E-state index is 12.9. The zero-order chi connectivity index (χ0) is 21.1. The van der Waals surface area contributed by atoms with Gasteiger partial charge in [0, 0.05) is 18.5 Å². The van der Waals surface area contributed by atoms with Crippen LogP contribution in [0.15, 0.2) is 72.8 Å². The molecule has 3 N–H and O–H groups in total. The van der Waals surface area contributed by atoms with E-state index in [9.17, 15) is 9.59 Å². The molecule has 3 aromatic rings. The number of nitrogen functional groups attached to an aromatic ring is 1. The van der Waals surface area contributed by atoms with Gasteiger partial charge in [0.25, 0.3) is 11.8 Å². The van der Waals surface area contributed by atoms with E-state index < -0.39 is 6.10 Å². The molecule has 1 atom stereocenters. The third-order valence-electron chi connectivity index (χ3n) is 5.13. The Hall–Kier alpha value is -3.80. The van der Waals surface area contributed by atoms with Crippen LogP contribution in [0.1, 0.15) is 22.8 Å². The summed E-state index contributed by atoms with van der Waals surface area (Å²) in [4.78, 5) is 27.1. The van der Waals surface area contributed by atoms with Crippen molar-refractivity contribution >= 4 is 28.9 Å². The summed E-state index contributed by atoms with van der Waals surface area (Å²) in [7, 11) is 0. The molecule has 0 fully saturated rings. The lowest BCUT2D eigenvalue weighted by Gasteiger charge is -2.33. The van der Waals surface area contributed by atoms with Gasteiger partial charge >= 0.3 is 0 Å². The highest BCUT2D eigenvalue weighted by atomic mass is 16.5. The van der Waals surface area contributed by atoms with E-state index in [0.29, 0.717) is 35.7 Å². The molecule has 4 rings (SSSR count). The van der Waals surface area contributed by atoms with E-state index in [1.54, 1.807) is 29.2 Å². The molecule has 0 saturated heterocycles. The van der Waals surface area contributed by atoms with E-state index in [1.165, 1.54) is 0 Å². The van der Waals surface area contributed by atoms with Gasteiger partial charge in [-0.2, -0.15) is 0 Å². The molecule has 2 amide bonds. The van der Waals surface area contributed by atoms with Crippen molar-refractivity contribution in [2.45, 2.75) is 19.4 Å². The number of nitrogens with two attached hydrogens (primary N) is 1. The number of amides is 2. The molecule has 1 aliphatic heterocycles. The predicted molar refractivity (Wildman–Crippen MR) is 118 cm³/mol. The van der Waals surface area contributed by atoms with Gasteiger partial charge in [0.2, 0.25) is 0 Å². The van der Waals surface area contributed by atoms with Crippen LogP contribution in [0, 0.1) is 0 Å². The maximum Gasteiger partial charge on any atom is 0.268 e. The minimum atomic E-state index is -0.594. The molecular weight excluding hydrogens is 378 g/mol. The van der Waals surface area contributed by atoms with Crippen LogP contribution in [-0.4, -0.2) is 24.5 Å². The summed E-state index contributed by atoms with van der Waals surface area (Å²) < 4.78 is 5.97. The Balaban J connectivity index is 1.47. The SMILES string of the molecule is CCN1C(=O)C(Cc2ccc(C(=O)Nc3ccccc3N)cc2)Oc2ccccc21. The fourth-order valence-electron chi connectivity index (χ4n) is 3.54. The summed E-state index contributed by atoms with van der Waals surface area (Å²) in [5, 5.41) is 2.81. The van der Waals surface area contributed by atoms with Crippen LogP contribution >= 0.6 is 0 Å². The number of likely N-dealkylation sites (N-methyl/N-ethyl adjacent to an activating group) is 1. The first-order chi connectivity index (χ1) is 14.6. The Morgan fingerprint density at radius 3 is 2.47 bits per heavy atom. The topological polar surface area (TPSA) is 84.7 Å². The van der Waals surface area contributed by atoms with E-state index >= 15 is 0 Å². The molecule has 0 spiro atoms. The average Bonchev–Trinajstić information content (AvgIpc) is 2.76. The molecule has 152 valence electrons. The summed E-state index contributed by atoms with van der Waals surface area (Å²) in [6.07, 6.45) is -0.166. The van der Waals surface area contributed by atoms with Gasteiger partial charge in [0.1, 0.15) is 5.75 Å². The minimum Gasteiger partial charge on any atom is -0.478 e. The quantitative estimate of drug-likeness (QED) is 0.636. The lowest BCUT2D eigenvalue weighted by molar-refractivity contribution is -0.126. The van der Waals surface area contributed by atoms with Crippen LogP contribution in [0.25, 0.3) is 0 Å². The summed E-state index contributed by atoms with van der Waals surface area (Å²) >= 11 is 0. The van der Waals surface area contributed by atoms with E-state index in [2.05, 4.69) is 5.32 Å². The number of hydrogen-bond acceptors (Lipinski definition) is 4. The minimum absolute atomic E-state index is 0.0578. The van der Waals surface area contributed by atoms with Crippen LogP contribution in [0.2, 0.25) is 0 Å². The van der Waals surface area contributed by atoms with Gasteiger partial charge in [0.15, 0.2) is 6.10 Å². The second-order valence-corrected chi connectivity index (χ2v) is 7.10. The van der Waals surface area contributed by atoms with Crippen molar-refractivity contribution in [3.63, 3.8) is 0 Å². The van der Waals surface area contributed by atoms with Gasteiger partial charge in [-0.3, -0.25) is 9.59 Å². The second kappa shape index (κ2) is 8.29. The van der Waals surface area contributed by atoms with Crippen molar-refractivity contribution in [2.24, 2.45) is 0 Å². The van der Waals surface area contributed by atoms with Crippen molar-refractivity contribution in [1.29, 1.82) is 0 Å². The largest absolute Gasteiger partial charge is 0.478 e. The van der Waals surface area contributed by atoms with Gasteiger partial charge < -0.3 is 20.7 Å². The smallest absolute Gasteiger partial charge is 0.268 e. The third-order valence-corrected chi connectivity index (χ3v) is 5.13. The Morgan fingerprint density at radius 1 is 1.03 bits per heavy atom. The second-order valence-electron chi connectivity index (χ2n) is 7.10. The molecule has 1 heterocycles. The molecule has 6 heteroatoms. The highest BCUT2D eigenvalue weighted by Crippen LogP contribution is 2.34. The fourth-order valence-corrected chi connectivity index (χ4v) is 3.54. The Morgan fingerprint density at radius 2 is 1.73 bits per heavy atom. The number of hydrogen-bond donors (Lipinski definition) is 2. The number of ether oxygens (including phenoxy) is 1. The lowest BCUT2D eigenvalue weighted by atomic mass is 10.0. The molecule has 1 aliphatic rings. The van der Waals surface area contributed by atoms with Crippen LogP contribution in [0.3, 0.4) is 0 Å². The molecule has 0 bridgehead atoms. The summed E-state index contributed by atoms with van der Waals surface area (Å²) in [6.45, 7) is 2.53. The number of para-hydroxylation sites is 4. The van der Waals surface area contributed by atoms with Crippen molar-refractivity contribution in [1.82, 2.24) is 0 Å². The first kappa shape index (κ1) is 19.5. The number of anilines is 3. The van der Waals surface area contributed by atoms with E-state index in [-0.39, 0.29) is 11.8 Å². The number of carbonyl (C=O) groups excluding carboxylic acids is 2. The molecule has 1 unspecified atom stereocenters. The number of nitrogens with one attached hydrogen (secondary N) is 1. The molecule has 0 saturated carbocycles. The molecule has 0 aromatic heterocycles. The molecule has 3 aromatic carbocycles. The van der Waals surface area contributed by atoms with Crippen molar-refractivity contribution in [2.75, 3.05) is 22.5 Å². The number of fused-ring (bicyclic) bond motifs is 1. The molecule has 6 nitrogen and oxygen atoms in total. The van der Waals surface area contributed by atoms with Crippen molar-refractivity contribution < 1.29 is 14.3 Å². The number of nitrogens with zero attached hydrogens (tertiary/aromatic N) is 1. The number of benzene rings is 3. The fraction of sp³-hybridized carbons (Fsp3) is 0.167. The summed E-state index contributed by atoms with van der Waals surface area (Å²) in [5.41, 5.74) is 9.19. The Kier molecular flexibility index (Phi) is 5.39. The lowest BCUT2D eigenvalue weighted by Crippen LogP contribution is -2.46. The zero-order valence-corrected chi connectivity index (χ0v) is 16.7. The highest BCUT2D eigenvalue weighted by molar-refractivity contribution is 6.05. The molecule has 0 aliphatic carbocycles. The maximum absolute atomic E-state index is 12.9. The van der Waals surface area contributed by atoms with Crippen molar-refractivity contribution in [3.05, 3.63) is 83.9 Å². The summed E-state index contributed by atoms with van der Waals surface area (Å²) in [5.74, 6) is 0.411. The van der Waals surface area contributed by atoms with Gasteiger partial charge in [-0.25, -0.2) is 0 Å². The third kappa shape index (κ3) is 3.85. The van der Waals surface area contributed by atoms with Crippen LogP contribution in [-0.2, 0) is 11.2 Å². The standard InChI is InChI=1S/C24H23N3O3/c1-2-27-20-9-5-6-10-21(20)30-22(24(27)29)15-16-11-13-17(14-12-16)23(28)26-19-8-4-3-7-18(19)25/h3-14,22H,2,15,25H2,1H3,(H,26,28). The van der Waals surface area contributed by atoms with Gasteiger partial charge in [-0.05, 0) is 48.9 Å². The van der Waals surface area contributed by atoms with E-state index in [4.69, 9.17) is 10.5 Å². The predicted octanol–water partition coefficient (Wildman–Crippen LogP) is 3.88. The van der Waals surface area contributed by atoms with Crippen molar-refractivity contribution in [3.8, 4) is 5.75 Å². The molecule has 0 radical (unpaired) electrons. The highest BCUT2D eigenvalue weighted by Gasteiger charge is 2.33. The van der Waals surface area contributed by atoms with E-state index in [0.717, 1.165) is 11.3 Å².